The molecule has 0 N–H and O–H groups in total. The highest BCUT2D eigenvalue weighted by atomic mass is 16.5. The maximum absolute atomic E-state index is 11.9. The van der Waals surface area contributed by atoms with E-state index in [-0.39, 0.29) is 12.0 Å². The van der Waals surface area contributed by atoms with Crippen LogP contribution in [-0.2, 0) is 9.53 Å². The smallest absolute Gasteiger partial charge is 0.323 e. The number of hydrogen-bond acceptors (Lipinski definition) is 4. The van der Waals surface area contributed by atoms with Gasteiger partial charge in [-0.3, -0.25) is 9.69 Å². The Bertz CT molecular complexity index is 282. The molecule has 1 unspecified atom stereocenters. The Labute approximate surface area is 110 Å². The molecule has 2 aliphatic rings. The third-order valence-corrected chi connectivity index (χ3v) is 4.18. The molecule has 104 valence electrons. The first kappa shape index (κ1) is 13.8. The Morgan fingerprint density at radius 1 is 1.28 bits per heavy atom. The number of piperidine rings is 1. The number of nitrogens with zero attached hydrogens (tertiary/aromatic N) is 2. The largest absolute Gasteiger partial charge is 0.468 e. The lowest BCUT2D eigenvalue weighted by Crippen LogP contribution is -2.48. The number of carbonyl (C=O) groups is 1. The molecule has 0 radical (unpaired) electrons. The monoisotopic (exact) mass is 254 g/mol. The molecular formula is C14H26N2O2. The quantitative estimate of drug-likeness (QED) is 0.691. The molecule has 4 nitrogen and oxygen atoms in total. The minimum atomic E-state index is -0.0245. The standard InChI is InChI=1S/C14H26N2O2/c1-15(2)10-11-6-8-16(9-7-11)13(12-4-5-12)14(17)18-3/h11-13H,4-10H2,1-3H3. The number of methoxy groups -OCH3 is 1. The van der Waals surface area contributed by atoms with Crippen LogP contribution in [0.15, 0.2) is 0 Å². The van der Waals surface area contributed by atoms with Gasteiger partial charge in [0.2, 0.25) is 0 Å². The normalized spacial score (nSPS) is 24.2. The summed E-state index contributed by atoms with van der Waals surface area (Å²) in [5.74, 6) is 1.32. The highest BCUT2D eigenvalue weighted by molar-refractivity contribution is 5.76. The Morgan fingerprint density at radius 2 is 1.89 bits per heavy atom. The number of likely N-dealkylation sites (tertiary alicyclic amines) is 1. The molecule has 0 spiro atoms. The molecule has 0 aromatic carbocycles. The van der Waals surface area contributed by atoms with Crippen LogP contribution in [0.2, 0.25) is 0 Å². The van der Waals surface area contributed by atoms with Crippen LogP contribution in [0.25, 0.3) is 0 Å². The van der Waals surface area contributed by atoms with E-state index in [9.17, 15) is 4.79 Å². The van der Waals surface area contributed by atoms with E-state index < -0.39 is 0 Å². The van der Waals surface area contributed by atoms with E-state index in [1.807, 2.05) is 0 Å². The Kier molecular flexibility index (Phi) is 4.62. The Hall–Kier alpha value is -0.610. The van der Waals surface area contributed by atoms with E-state index in [1.54, 1.807) is 0 Å². The molecule has 0 bridgehead atoms. The molecule has 2 fully saturated rings. The Morgan fingerprint density at radius 3 is 2.33 bits per heavy atom. The van der Waals surface area contributed by atoms with Crippen molar-refractivity contribution in [3.8, 4) is 0 Å². The van der Waals surface area contributed by atoms with Gasteiger partial charge in [0.25, 0.3) is 0 Å². The van der Waals surface area contributed by atoms with Crippen LogP contribution in [0.4, 0.5) is 0 Å². The van der Waals surface area contributed by atoms with Crippen molar-refractivity contribution in [3.05, 3.63) is 0 Å². The van der Waals surface area contributed by atoms with Crippen molar-refractivity contribution in [2.24, 2.45) is 11.8 Å². The van der Waals surface area contributed by atoms with E-state index >= 15 is 0 Å². The van der Waals surface area contributed by atoms with E-state index in [0.29, 0.717) is 5.92 Å². The highest BCUT2D eigenvalue weighted by Crippen LogP contribution is 2.37. The molecule has 1 atom stereocenters. The van der Waals surface area contributed by atoms with Crippen molar-refractivity contribution < 1.29 is 9.53 Å². The summed E-state index contributed by atoms with van der Waals surface area (Å²) in [6.45, 7) is 3.27. The van der Waals surface area contributed by atoms with Crippen molar-refractivity contribution in [2.75, 3.05) is 40.8 Å². The van der Waals surface area contributed by atoms with Crippen molar-refractivity contribution in [3.63, 3.8) is 0 Å². The van der Waals surface area contributed by atoms with Crippen molar-refractivity contribution in [2.45, 2.75) is 31.7 Å². The lowest BCUT2D eigenvalue weighted by atomic mass is 9.94. The van der Waals surface area contributed by atoms with Gasteiger partial charge in [-0.15, -0.1) is 0 Å². The van der Waals surface area contributed by atoms with E-state index in [0.717, 1.165) is 19.0 Å². The van der Waals surface area contributed by atoms with Crippen LogP contribution >= 0.6 is 0 Å². The summed E-state index contributed by atoms with van der Waals surface area (Å²) in [6, 6.07) is 0.0373. The number of carbonyl (C=O) groups excluding carboxylic acids is 1. The van der Waals surface area contributed by atoms with Gasteiger partial charge in [0.1, 0.15) is 6.04 Å². The van der Waals surface area contributed by atoms with Gasteiger partial charge in [-0.1, -0.05) is 0 Å². The molecule has 0 amide bonds. The zero-order valence-corrected chi connectivity index (χ0v) is 11.9. The lowest BCUT2D eigenvalue weighted by molar-refractivity contribution is -0.148. The van der Waals surface area contributed by atoms with E-state index in [2.05, 4.69) is 23.9 Å². The second-order valence-corrected chi connectivity index (χ2v) is 6.05. The third kappa shape index (κ3) is 3.45. The van der Waals surface area contributed by atoms with Gasteiger partial charge < -0.3 is 9.64 Å². The van der Waals surface area contributed by atoms with Gasteiger partial charge in [0, 0.05) is 6.54 Å². The minimum Gasteiger partial charge on any atom is -0.468 e. The fourth-order valence-corrected chi connectivity index (χ4v) is 3.10. The number of esters is 1. The molecule has 1 saturated heterocycles. The van der Waals surface area contributed by atoms with Crippen LogP contribution in [0.3, 0.4) is 0 Å². The van der Waals surface area contributed by atoms with Gasteiger partial charge >= 0.3 is 5.97 Å². The zero-order valence-electron chi connectivity index (χ0n) is 11.9. The van der Waals surface area contributed by atoms with E-state index in [1.165, 1.54) is 39.3 Å². The molecule has 1 aliphatic carbocycles. The van der Waals surface area contributed by atoms with Gasteiger partial charge in [-0.05, 0) is 64.7 Å². The van der Waals surface area contributed by atoms with Crippen molar-refractivity contribution in [1.29, 1.82) is 0 Å². The van der Waals surface area contributed by atoms with Crippen LogP contribution in [-0.4, -0.2) is 62.7 Å². The average molecular weight is 254 g/mol. The Balaban J connectivity index is 1.85. The van der Waals surface area contributed by atoms with E-state index in [4.69, 9.17) is 4.74 Å². The van der Waals surface area contributed by atoms with Crippen molar-refractivity contribution >= 4 is 5.97 Å². The highest BCUT2D eigenvalue weighted by Gasteiger charge is 2.41. The maximum Gasteiger partial charge on any atom is 0.323 e. The number of rotatable bonds is 5. The molecule has 0 aromatic rings. The number of hydrogen-bond donors (Lipinski definition) is 0. The molecule has 1 heterocycles. The summed E-state index contributed by atoms with van der Waals surface area (Å²) in [6.07, 6.45) is 4.80. The number of ether oxygens (including phenoxy) is 1. The predicted octanol–water partition coefficient (Wildman–Crippen LogP) is 1.21. The summed E-state index contributed by atoms with van der Waals surface area (Å²) >= 11 is 0. The zero-order chi connectivity index (χ0) is 13.1. The van der Waals surface area contributed by atoms with Crippen LogP contribution in [0.1, 0.15) is 25.7 Å². The third-order valence-electron chi connectivity index (χ3n) is 4.18. The molecule has 0 aromatic heterocycles. The molecular weight excluding hydrogens is 228 g/mol. The lowest BCUT2D eigenvalue weighted by Gasteiger charge is -2.37. The van der Waals surface area contributed by atoms with Gasteiger partial charge in [0.05, 0.1) is 7.11 Å². The topological polar surface area (TPSA) is 32.8 Å². The van der Waals surface area contributed by atoms with Crippen LogP contribution in [0, 0.1) is 11.8 Å². The van der Waals surface area contributed by atoms with Gasteiger partial charge in [-0.25, -0.2) is 0 Å². The molecule has 18 heavy (non-hydrogen) atoms. The summed E-state index contributed by atoms with van der Waals surface area (Å²) in [5.41, 5.74) is 0. The summed E-state index contributed by atoms with van der Waals surface area (Å²) in [4.78, 5) is 16.5. The predicted molar refractivity (Wildman–Crippen MR) is 71.4 cm³/mol. The van der Waals surface area contributed by atoms with Crippen molar-refractivity contribution in [1.82, 2.24) is 9.80 Å². The summed E-state index contributed by atoms with van der Waals surface area (Å²) in [5, 5.41) is 0. The maximum atomic E-state index is 11.9. The van der Waals surface area contributed by atoms with Gasteiger partial charge in [-0.2, -0.15) is 0 Å². The second kappa shape index (κ2) is 6.02. The first-order chi connectivity index (χ1) is 8.61. The SMILES string of the molecule is COC(=O)C(C1CC1)N1CCC(CN(C)C)CC1. The fourth-order valence-electron chi connectivity index (χ4n) is 3.10. The summed E-state index contributed by atoms with van der Waals surface area (Å²) in [7, 11) is 5.78. The van der Waals surface area contributed by atoms with Gasteiger partial charge in [0.15, 0.2) is 0 Å². The second-order valence-electron chi connectivity index (χ2n) is 6.05. The first-order valence-corrected chi connectivity index (χ1v) is 7.08. The molecule has 4 heteroatoms. The van der Waals surface area contributed by atoms with Crippen LogP contribution < -0.4 is 0 Å². The minimum absolute atomic E-state index is 0.0245. The molecule has 2 rings (SSSR count). The first-order valence-electron chi connectivity index (χ1n) is 7.08. The molecule has 1 aliphatic heterocycles. The van der Waals surface area contributed by atoms with Crippen LogP contribution in [0.5, 0.6) is 0 Å². The fraction of sp³-hybridized carbons (Fsp3) is 0.929. The molecule has 1 saturated carbocycles. The average Bonchev–Trinajstić information content (AvgIpc) is 3.15. The summed E-state index contributed by atoms with van der Waals surface area (Å²) < 4.78 is 4.97.